The largest absolute Gasteiger partial charge is 0.484 e. The molecule has 200 valence electrons. The van der Waals surface area contributed by atoms with Crippen molar-refractivity contribution in [3.05, 3.63) is 29.8 Å². The maximum absolute atomic E-state index is 14.4. The molecule has 5 atom stereocenters. The van der Waals surface area contributed by atoms with Gasteiger partial charge in [-0.2, -0.15) is 0 Å². The second-order valence-electron chi connectivity index (χ2n) is 10.5. The fourth-order valence-electron chi connectivity index (χ4n) is 5.81. The van der Waals surface area contributed by atoms with Gasteiger partial charge in [0, 0.05) is 38.5 Å². The normalized spacial score (nSPS) is 30.5. The Labute approximate surface area is 215 Å². The fraction of sp³-hybridized carbons (Fsp3) is 0.615. The fourth-order valence-corrected chi connectivity index (χ4v) is 5.81. The number of carbonyl (C=O) groups is 4. The summed E-state index contributed by atoms with van der Waals surface area (Å²) < 4.78 is 20.0. The van der Waals surface area contributed by atoms with E-state index in [9.17, 15) is 23.6 Å². The molecule has 0 saturated carbocycles. The van der Waals surface area contributed by atoms with Crippen LogP contribution in [0.2, 0.25) is 0 Å². The molecule has 2 N–H and O–H groups in total. The van der Waals surface area contributed by atoms with Crippen LogP contribution in [0.25, 0.3) is 0 Å². The number of ether oxygens (including phenoxy) is 1. The van der Waals surface area contributed by atoms with Gasteiger partial charge in [-0.15, -0.1) is 0 Å². The predicted molar refractivity (Wildman–Crippen MR) is 131 cm³/mol. The smallest absolute Gasteiger partial charge is 0.260 e. The first-order valence-corrected chi connectivity index (χ1v) is 13.0. The third-order valence-corrected chi connectivity index (χ3v) is 7.83. The van der Waals surface area contributed by atoms with Crippen LogP contribution < -0.4 is 15.4 Å². The molecule has 4 aliphatic heterocycles. The number of hydrogen-bond donors (Lipinski definition) is 2. The average Bonchev–Trinajstić information content (AvgIpc) is 3.62. The van der Waals surface area contributed by atoms with Gasteiger partial charge >= 0.3 is 0 Å². The van der Waals surface area contributed by atoms with Crippen molar-refractivity contribution in [3.8, 4) is 5.75 Å². The Balaban J connectivity index is 1.30. The summed E-state index contributed by atoms with van der Waals surface area (Å²) in [4.78, 5) is 56.8. The van der Waals surface area contributed by atoms with Gasteiger partial charge in [-0.1, -0.05) is 12.1 Å². The molecule has 4 amide bonds. The van der Waals surface area contributed by atoms with Gasteiger partial charge in [0.15, 0.2) is 6.61 Å². The van der Waals surface area contributed by atoms with Crippen molar-refractivity contribution in [2.24, 2.45) is 0 Å². The highest BCUT2D eigenvalue weighted by atomic mass is 19.1. The van der Waals surface area contributed by atoms with E-state index < -0.39 is 30.2 Å². The van der Waals surface area contributed by atoms with Crippen LogP contribution in [0, 0.1) is 0 Å². The van der Waals surface area contributed by atoms with E-state index >= 15 is 0 Å². The molecule has 5 rings (SSSR count). The Kier molecular flexibility index (Phi) is 7.32. The SMILES string of the molecule is CN1C[C@@H]2C[C@H]1C(=O)NC(Cc1ccc(OCC(=O)N3CCCC3)cc1)C(=O)N1C[C@@H](F)C[C@H]1C(=O)N2. The summed E-state index contributed by atoms with van der Waals surface area (Å²) in [5.74, 6) is -0.630. The Morgan fingerprint density at radius 3 is 2.43 bits per heavy atom. The molecule has 4 aliphatic rings. The van der Waals surface area contributed by atoms with Gasteiger partial charge in [0.2, 0.25) is 17.7 Å². The molecule has 0 aliphatic carbocycles. The zero-order chi connectivity index (χ0) is 26.1. The number of halogens is 1. The van der Waals surface area contributed by atoms with Crippen molar-refractivity contribution in [1.82, 2.24) is 25.3 Å². The number of fused-ring (bicyclic) bond motifs is 3. The summed E-state index contributed by atoms with van der Waals surface area (Å²) in [6.07, 6.45) is 1.30. The van der Waals surface area contributed by atoms with Crippen molar-refractivity contribution in [1.29, 1.82) is 0 Å². The summed E-state index contributed by atoms with van der Waals surface area (Å²) >= 11 is 0. The number of carbonyl (C=O) groups excluding carboxylic acids is 4. The lowest BCUT2D eigenvalue weighted by Crippen LogP contribution is -2.56. The Hall–Kier alpha value is -3.21. The molecule has 2 bridgehead atoms. The monoisotopic (exact) mass is 515 g/mol. The molecule has 0 aromatic heterocycles. The number of hydrogen-bond acceptors (Lipinski definition) is 6. The number of rotatable bonds is 5. The van der Waals surface area contributed by atoms with E-state index in [1.54, 1.807) is 29.2 Å². The number of likely N-dealkylation sites (N-methyl/N-ethyl adjacent to an activating group) is 1. The lowest BCUT2D eigenvalue weighted by atomic mass is 10.0. The van der Waals surface area contributed by atoms with Crippen LogP contribution >= 0.6 is 0 Å². The van der Waals surface area contributed by atoms with Crippen LogP contribution in [0.1, 0.15) is 31.2 Å². The van der Waals surface area contributed by atoms with Gasteiger partial charge in [0.1, 0.15) is 24.0 Å². The number of benzene rings is 1. The maximum Gasteiger partial charge on any atom is 0.260 e. The summed E-state index contributed by atoms with van der Waals surface area (Å²) in [6, 6.07) is 4.48. The Morgan fingerprint density at radius 2 is 1.70 bits per heavy atom. The minimum atomic E-state index is -1.29. The van der Waals surface area contributed by atoms with Crippen molar-refractivity contribution in [3.63, 3.8) is 0 Å². The van der Waals surface area contributed by atoms with E-state index in [-0.39, 0.29) is 49.8 Å². The van der Waals surface area contributed by atoms with Crippen molar-refractivity contribution < 1.29 is 28.3 Å². The number of likely N-dealkylation sites (tertiary alicyclic amines) is 2. The first-order chi connectivity index (χ1) is 17.8. The molecule has 1 aromatic rings. The number of amides is 4. The highest BCUT2D eigenvalue weighted by Gasteiger charge is 2.45. The van der Waals surface area contributed by atoms with E-state index in [0.717, 1.165) is 31.5 Å². The molecule has 0 radical (unpaired) electrons. The minimum absolute atomic E-state index is 0.0325. The third kappa shape index (κ3) is 5.56. The van der Waals surface area contributed by atoms with Gasteiger partial charge in [0.05, 0.1) is 12.6 Å². The highest BCUT2D eigenvalue weighted by Crippen LogP contribution is 2.25. The molecule has 10 nitrogen and oxygen atoms in total. The molecule has 4 fully saturated rings. The molecule has 4 heterocycles. The lowest BCUT2D eigenvalue weighted by molar-refractivity contribution is -0.141. The zero-order valence-electron chi connectivity index (χ0n) is 21.0. The van der Waals surface area contributed by atoms with Crippen LogP contribution in [0.4, 0.5) is 4.39 Å². The topological polar surface area (TPSA) is 111 Å². The number of alkyl halides is 1. The van der Waals surface area contributed by atoms with Crippen LogP contribution in [0.15, 0.2) is 24.3 Å². The van der Waals surface area contributed by atoms with E-state index in [1.165, 1.54) is 4.90 Å². The molecule has 1 unspecified atom stereocenters. The third-order valence-electron chi connectivity index (χ3n) is 7.83. The van der Waals surface area contributed by atoms with Crippen LogP contribution in [0.3, 0.4) is 0 Å². The lowest BCUT2D eigenvalue weighted by Gasteiger charge is -2.30. The van der Waals surface area contributed by atoms with Gasteiger partial charge in [0.25, 0.3) is 5.91 Å². The molecule has 0 spiro atoms. The van der Waals surface area contributed by atoms with Crippen LogP contribution in [-0.2, 0) is 25.6 Å². The van der Waals surface area contributed by atoms with Gasteiger partial charge < -0.3 is 25.2 Å². The molecule has 11 heteroatoms. The standard InChI is InChI=1S/C26H34FN5O5/c1-30-14-18-12-21(30)24(34)29-20(26(36)32-13-17(27)11-22(32)25(35)28-18)10-16-4-6-19(7-5-16)37-15-23(33)31-8-2-3-9-31/h4-7,17-18,20-22H,2-3,8-15H2,1H3,(H,28,35)(H,29,34)/t17-,18-,20?,21-,22-/m0/s1. The van der Waals surface area contributed by atoms with E-state index in [1.807, 2.05) is 11.9 Å². The maximum atomic E-state index is 14.4. The quantitative estimate of drug-likeness (QED) is 0.565. The molecule has 1 aromatic carbocycles. The predicted octanol–water partition coefficient (Wildman–Crippen LogP) is -0.143. The number of nitrogens with one attached hydrogen (secondary N) is 2. The van der Waals surface area contributed by atoms with Crippen molar-refractivity contribution in [2.75, 3.05) is 39.8 Å². The second kappa shape index (κ2) is 10.6. The van der Waals surface area contributed by atoms with Gasteiger partial charge in [-0.3, -0.25) is 24.1 Å². The Morgan fingerprint density at radius 1 is 1.00 bits per heavy atom. The molecule has 37 heavy (non-hydrogen) atoms. The zero-order valence-corrected chi connectivity index (χ0v) is 21.0. The van der Waals surface area contributed by atoms with Crippen molar-refractivity contribution in [2.45, 2.75) is 62.4 Å². The van der Waals surface area contributed by atoms with E-state index in [0.29, 0.717) is 18.7 Å². The average molecular weight is 516 g/mol. The highest BCUT2D eigenvalue weighted by molar-refractivity contribution is 5.94. The molecular weight excluding hydrogens is 481 g/mol. The molecule has 4 saturated heterocycles. The van der Waals surface area contributed by atoms with Gasteiger partial charge in [-0.25, -0.2) is 4.39 Å². The minimum Gasteiger partial charge on any atom is -0.484 e. The Bertz CT molecular complexity index is 1050. The van der Waals surface area contributed by atoms with Crippen LogP contribution in [-0.4, -0.2) is 109 Å². The van der Waals surface area contributed by atoms with Crippen molar-refractivity contribution >= 4 is 23.6 Å². The second-order valence-corrected chi connectivity index (χ2v) is 10.5. The molecular formula is C26H34FN5O5. The van der Waals surface area contributed by atoms with Gasteiger partial charge in [-0.05, 0) is 44.0 Å². The summed E-state index contributed by atoms with van der Waals surface area (Å²) in [6.45, 7) is 1.84. The summed E-state index contributed by atoms with van der Waals surface area (Å²) in [7, 11) is 1.81. The summed E-state index contributed by atoms with van der Waals surface area (Å²) in [5.41, 5.74) is 0.765. The first-order valence-electron chi connectivity index (χ1n) is 13.0. The van der Waals surface area contributed by atoms with Crippen LogP contribution in [0.5, 0.6) is 5.75 Å². The first kappa shape index (κ1) is 25.4. The van der Waals surface area contributed by atoms with E-state index in [2.05, 4.69) is 10.6 Å². The summed E-state index contributed by atoms with van der Waals surface area (Å²) in [5, 5.41) is 5.80. The number of nitrogens with zero attached hydrogens (tertiary/aromatic N) is 3. The van der Waals surface area contributed by atoms with E-state index in [4.69, 9.17) is 4.74 Å².